The molecular weight excluding hydrogens is 320 g/mol. The second-order valence-electron chi connectivity index (χ2n) is 4.26. The highest BCUT2D eigenvalue weighted by molar-refractivity contribution is 7.14. The van der Waals surface area contributed by atoms with Crippen molar-refractivity contribution in [3.63, 3.8) is 0 Å². The van der Waals surface area contributed by atoms with Gasteiger partial charge in [0.25, 0.3) is 11.8 Å². The van der Waals surface area contributed by atoms with Gasteiger partial charge in [-0.25, -0.2) is 4.79 Å². The number of imide groups is 1. The molecule has 0 saturated carbocycles. The van der Waals surface area contributed by atoms with E-state index in [0.717, 1.165) is 18.4 Å². The average Bonchev–Trinajstić information content (AvgIpc) is 3.02. The van der Waals surface area contributed by atoms with Gasteiger partial charge >= 0.3 is 6.09 Å². The summed E-state index contributed by atoms with van der Waals surface area (Å²) in [5, 5.41) is 6.55. The second-order valence-corrected chi connectivity index (χ2v) is 5.18. The largest absolute Gasteiger partial charge is 0.484 e. The third kappa shape index (κ3) is 4.82. The van der Waals surface area contributed by atoms with Crippen LogP contribution in [0, 0.1) is 0 Å². The predicted molar refractivity (Wildman–Crippen MR) is 84.8 cm³/mol. The highest BCUT2D eigenvalue weighted by Gasteiger charge is 2.17. The van der Waals surface area contributed by atoms with Crippen molar-refractivity contribution in [3.8, 4) is 5.75 Å². The number of para-hydroxylation sites is 1. The van der Waals surface area contributed by atoms with E-state index in [2.05, 4.69) is 10.1 Å². The second kappa shape index (κ2) is 7.95. The van der Waals surface area contributed by atoms with Gasteiger partial charge in [-0.2, -0.15) is 0 Å². The first-order valence-corrected chi connectivity index (χ1v) is 7.42. The van der Waals surface area contributed by atoms with Crippen molar-refractivity contribution in [3.05, 3.63) is 47.3 Å². The summed E-state index contributed by atoms with van der Waals surface area (Å²) in [5.41, 5.74) is 0.175. The van der Waals surface area contributed by atoms with E-state index < -0.39 is 17.9 Å². The molecule has 0 fully saturated rings. The predicted octanol–water partition coefficient (Wildman–Crippen LogP) is 2.26. The Bertz CT molecular complexity index is 699. The number of methoxy groups -OCH3 is 1. The van der Waals surface area contributed by atoms with Gasteiger partial charge in [-0.1, -0.05) is 18.2 Å². The molecular formula is C15H14N2O5S. The molecule has 0 unspecified atom stereocenters. The zero-order chi connectivity index (χ0) is 16.7. The SMILES string of the molecule is COC(=O)NC(=O)c1ccsc1NC(=O)COc1ccccc1. The molecule has 120 valence electrons. The number of thiophene rings is 1. The van der Waals surface area contributed by atoms with Crippen LogP contribution in [0.2, 0.25) is 0 Å². The van der Waals surface area contributed by atoms with Crippen LogP contribution >= 0.6 is 11.3 Å². The minimum atomic E-state index is -0.870. The van der Waals surface area contributed by atoms with Gasteiger partial charge in [-0.15, -0.1) is 11.3 Å². The average molecular weight is 334 g/mol. The third-order valence-corrected chi connectivity index (χ3v) is 3.51. The normalized spacial score (nSPS) is 9.78. The summed E-state index contributed by atoms with van der Waals surface area (Å²) in [6.07, 6.45) is -0.870. The number of amides is 3. The topological polar surface area (TPSA) is 93.7 Å². The maximum Gasteiger partial charge on any atom is 0.413 e. The van der Waals surface area contributed by atoms with Crippen molar-refractivity contribution in [2.45, 2.75) is 0 Å². The van der Waals surface area contributed by atoms with Crippen LogP contribution in [0.1, 0.15) is 10.4 Å². The summed E-state index contributed by atoms with van der Waals surface area (Å²) < 4.78 is 9.67. The number of ether oxygens (including phenoxy) is 2. The summed E-state index contributed by atoms with van der Waals surface area (Å²) in [7, 11) is 1.15. The number of hydrogen-bond acceptors (Lipinski definition) is 6. The van der Waals surface area contributed by atoms with Crippen molar-refractivity contribution in [2.75, 3.05) is 19.0 Å². The molecule has 0 aliphatic heterocycles. The number of nitrogens with one attached hydrogen (secondary N) is 2. The Morgan fingerprint density at radius 1 is 1.13 bits per heavy atom. The molecule has 2 rings (SSSR count). The monoisotopic (exact) mass is 334 g/mol. The fourth-order valence-corrected chi connectivity index (χ4v) is 2.42. The van der Waals surface area contributed by atoms with Crippen LogP contribution in [0.4, 0.5) is 9.80 Å². The van der Waals surface area contributed by atoms with E-state index in [1.54, 1.807) is 29.6 Å². The van der Waals surface area contributed by atoms with Crippen LogP contribution in [0.5, 0.6) is 5.75 Å². The number of hydrogen-bond donors (Lipinski definition) is 2. The molecule has 8 heteroatoms. The molecule has 0 radical (unpaired) electrons. The smallest absolute Gasteiger partial charge is 0.413 e. The van der Waals surface area contributed by atoms with Crippen molar-refractivity contribution in [2.24, 2.45) is 0 Å². The Hall–Kier alpha value is -2.87. The van der Waals surface area contributed by atoms with Crippen LogP contribution in [-0.4, -0.2) is 31.6 Å². The molecule has 0 aliphatic rings. The highest BCUT2D eigenvalue weighted by Crippen LogP contribution is 2.23. The molecule has 23 heavy (non-hydrogen) atoms. The highest BCUT2D eigenvalue weighted by atomic mass is 32.1. The molecule has 0 aliphatic carbocycles. The minimum Gasteiger partial charge on any atom is -0.484 e. The maximum atomic E-state index is 11.9. The van der Waals surface area contributed by atoms with Crippen LogP contribution in [-0.2, 0) is 9.53 Å². The van der Waals surface area contributed by atoms with Gasteiger partial charge in [-0.3, -0.25) is 14.9 Å². The van der Waals surface area contributed by atoms with E-state index in [-0.39, 0.29) is 12.2 Å². The number of anilines is 1. The summed E-state index contributed by atoms with van der Waals surface area (Å²) in [4.78, 5) is 34.8. The zero-order valence-corrected chi connectivity index (χ0v) is 13.0. The van der Waals surface area contributed by atoms with Gasteiger partial charge in [0.05, 0.1) is 12.7 Å². The molecule has 0 bridgehead atoms. The number of rotatable bonds is 5. The number of carbonyl (C=O) groups is 3. The van der Waals surface area contributed by atoms with Crippen LogP contribution in [0.3, 0.4) is 0 Å². The molecule has 3 amide bonds. The van der Waals surface area contributed by atoms with Crippen LogP contribution in [0.25, 0.3) is 0 Å². The van der Waals surface area contributed by atoms with Crippen molar-refractivity contribution in [1.82, 2.24) is 5.32 Å². The fourth-order valence-electron chi connectivity index (χ4n) is 1.62. The maximum absolute atomic E-state index is 11.9. The van der Waals surface area contributed by atoms with Gasteiger partial charge in [0.2, 0.25) is 0 Å². The molecule has 0 spiro atoms. The lowest BCUT2D eigenvalue weighted by Gasteiger charge is -2.08. The molecule has 1 aromatic heterocycles. The molecule has 1 aromatic carbocycles. The lowest BCUT2D eigenvalue weighted by molar-refractivity contribution is -0.118. The van der Waals surface area contributed by atoms with Gasteiger partial charge < -0.3 is 14.8 Å². The van der Waals surface area contributed by atoms with E-state index in [4.69, 9.17) is 4.74 Å². The Morgan fingerprint density at radius 3 is 2.57 bits per heavy atom. The van der Waals surface area contributed by atoms with Gasteiger partial charge in [-0.05, 0) is 23.6 Å². The van der Waals surface area contributed by atoms with Crippen molar-refractivity contribution in [1.29, 1.82) is 0 Å². The van der Waals surface area contributed by atoms with E-state index >= 15 is 0 Å². The first kappa shape index (κ1) is 16.5. The van der Waals surface area contributed by atoms with E-state index in [1.165, 1.54) is 6.07 Å². The number of alkyl carbamates (subject to hydrolysis) is 1. The Balaban J connectivity index is 1.93. The minimum absolute atomic E-state index is 0.175. The lowest BCUT2D eigenvalue weighted by atomic mass is 10.3. The molecule has 0 atom stereocenters. The number of benzene rings is 1. The summed E-state index contributed by atoms with van der Waals surface area (Å²) in [5.74, 6) is -0.502. The molecule has 1 heterocycles. The standard InChI is InChI=1S/C15H14N2O5S/c1-21-15(20)17-13(19)11-7-8-23-14(11)16-12(18)9-22-10-5-3-2-4-6-10/h2-8H,9H2,1H3,(H,16,18)(H,17,19,20). The van der Waals surface area contributed by atoms with E-state index in [0.29, 0.717) is 10.8 Å². The third-order valence-electron chi connectivity index (χ3n) is 2.68. The Kier molecular flexibility index (Phi) is 5.70. The molecule has 7 nitrogen and oxygen atoms in total. The summed E-state index contributed by atoms with van der Waals surface area (Å²) >= 11 is 1.16. The van der Waals surface area contributed by atoms with Crippen molar-refractivity contribution < 1.29 is 23.9 Å². The van der Waals surface area contributed by atoms with E-state index in [9.17, 15) is 14.4 Å². The summed E-state index contributed by atoms with van der Waals surface area (Å²) in [6, 6.07) is 10.4. The Morgan fingerprint density at radius 2 is 1.87 bits per heavy atom. The summed E-state index contributed by atoms with van der Waals surface area (Å²) in [6.45, 7) is -0.194. The van der Waals surface area contributed by atoms with Gasteiger partial charge in [0, 0.05) is 0 Å². The molecule has 2 N–H and O–H groups in total. The quantitative estimate of drug-likeness (QED) is 0.875. The fraction of sp³-hybridized carbons (Fsp3) is 0.133. The van der Waals surface area contributed by atoms with E-state index in [1.807, 2.05) is 11.4 Å². The lowest BCUT2D eigenvalue weighted by Crippen LogP contribution is -2.30. The Labute approximate surface area is 136 Å². The van der Waals surface area contributed by atoms with Crippen LogP contribution in [0.15, 0.2) is 41.8 Å². The zero-order valence-electron chi connectivity index (χ0n) is 12.2. The molecule has 0 saturated heterocycles. The van der Waals surface area contributed by atoms with Crippen molar-refractivity contribution >= 4 is 34.2 Å². The molecule has 2 aromatic rings. The first-order chi connectivity index (χ1) is 11.1. The first-order valence-electron chi connectivity index (χ1n) is 6.54. The van der Waals surface area contributed by atoms with Gasteiger partial charge in [0.1, 0.15) is 10.8 Å². The number of carbonyl (C=O) groups excluding carboxylic acids is 3. The van der Waals surface area contributed by atoms with Gasteiger partial charge in [0.15, 0.2) is 6.61 Å². The van der Waals surface area contributed by atoms with Crippen LogP contribution < -0.4 is 15.4 Å².